The van der Waals surface area contributed by atoms with E-state index in [0.717, 1.165) is 11.8 Å². The van der Waals surface area contributed by atoms with Gasteiger partial charge in [0.25, 0.3) is 0 Å². The summed E-state index contributed by atoms with van der Waals surface area (Å²) in [5, 5.41) is 0. The second-order valence-corrected chi connectivity index (χ2v) is 5.28. The third-order valence-corrected chi connectivity index (χ3v) is 3.33. The van der Waals surface area contributed by atoms with Crippen LogP contribution in [0.4, 0.5) is 0 Å². The monoisotopic (exact) mass is 211 g/mol. The van der Waals surface area contributed by atoms with E-state index in [2.05, 4.69) is 34.1 Å². The van der Waals surface area contributed by atoms with Gasteiger partial charge in [-0.1, -0.05) is 72.6 Å². The van der Waals surface area contributed by atoms with Gasteiger partial charge in [0.2, 0.25) is 0 Å². The quantitative estimate of drug-likeness (QED) is 0.411. The Hall–Kier alpha value is 0. The van der Waals surface area contributed by atoms with E-state index in [0.29, 0.717) is 0 Å². The topological polar surface area (TPSA) is 0 Å². The second kappa shape index (κ2) is 10.5. The van der Waals surface area contributed by atoms with Crippen molar-refractivity contribution >= 4 is 0 Å². The molecule has 0 aliphatic rings. The van der Waals surface area contributed by atoms with Crippen LogP contribution in [0.25, 0.3) is 0 Å². The van der Waals surface area contributed by atoms with E-state index in [1.165, 1.54) is 51.4 Å². The summed E-state index contributed by atoms with van der Waals surface area (Å²) in [5.41, 5.74) is 0. The summed E-state index contributed by atoms with van der Waals surface area (Å²) in [6.45, 7) is 9.26. The van der Waals surface area contributed by atoms with E-state index in [4.69, 9.17) is 0 Å². The van der Waals surface area contributed by atoms with E-state index in [-0.39, 0.29) is 0 Å². The Kier molecular flexibility index (Phi) is 10.5. The second-order valence-electron chi connectivity index (χ2n) is 5.28. The summed E-state index contributed by atoms with van der Waals surface area (Å²) in [6, 6.07) is 0. The summed E-state index contributed by atoms with van der Waals surface area (Å²) < 4.78 is 0. The molecule has 2 atom stereocenters. The molecule has 0 aromatic carbocycles. The predicted octanol–water partition coefficient (Wildman–Crippen LogP) is 5.62. The lowest BCUT2D eigenvalue weighted by atomic mass is 9.93. The smallest absolute Gasteiger partial charge is 0.0414 e. The zero-order chi connectivity index (χ0) is 11.5. The molecule has 0 aromatic rings. The fourth-order valence-corrected chi connectivity index (χ4v) is 2.22. The molecule has 0 nitrogen and oxygen atoms in total. The summed E-state index contributed by atoms with van der Waals surface area (Å²) >= 11 is 0. The van der Waals surface area contributed by atoms with Crippen LogP contribution in [-0.2, 0) is 0 Å². The maximum absolute atomic E-state index is 2.42. The molecule has 91 valence electrons. The number of rotatable bonds is 10. The molecule has 0 heteroatoms. The zero-order valence-corrected chi connectivity index (χ0v) is 11.4. The first kappa shape index (κ1) is 15.0. The lowest BCUT2D eigenvalue weighted by Gasteiger charge is -2.13. The fourth-order valence-electron chi connectivity index (χ4n) is 2.22. The first-order valence-corrected chi connectivity index (χ1v) is 6.98. The van der Waals surface area contributed by atoms with Crippen molar-refractivity contribution in [3.05, 3.63) is 6.42 Å². The highest BCUT2D eigenvalue weighted by Crippen LogP contribution is 2.19. The van der Waals surface area contributed by atoms with Crippen molar-refractivity contribution in [3.63, 3.8) is 0 Å². The van der Waals surface area contributed by atoms with E-state index in [1.807, 2.05) is 0 Å². The first-order valence-electron chi connectivity index (χ1n) is 6.98. The molecule has 1 radical (unpaired) electrons. The van der Waals surface area contributed by atoms with Gasteiger partial charge < -0.3 is 0 Å². The van der Waals surface area contributed by atoms with Crippen LogP contribution in [0, 0.1) is 18.3 Å². The Balaban J connectivity index is 3.26. The summed E-state index contributed by atoms with van der Waals surface area (Å²) in [6.07, 6.45) is 13.6. The van der Waals surface area contributed by atoms with Crippen LogP contribution < -0.4 is 0 Å². The molecule has 0 heterocycles. The highest BCUT2D eigenvalue weighted by atomic mass is 14.1. The lowest BCUT2D eigenvalue weighted by molar-refractivity contribution is 0.410. The van der Waals surface area contributed by atoms with Crippen LogP contribution in [0.1, 0.15) is 79.1 Å². The molecule has 0 saturated heterocycles. The number of unbranched alkanes of at least 4 members (excludes halogenated alkanes) is 2. The van der Waals surface area contributed by atoms with Gasteiger partial charge in [-0.25, -0.2) is 0 Å². The van der Waals surface area contributed by atoms with Gasteiger partial charge in [-0.2, -0.15) is 0 Å². The molecule has 0 bridgehead atoms. The van der Waals surface area contributed by atoms with Crippen molar-refractivity contribution in [1.29, 1.82) is 0 Å². The molecule has 0 rings (SSSR count). The van der Waals surface area contributed by atoms with Gasteiger partial charge in [-0.15, -0.1) is 0 Å². The van der Waals surface area contributed by atoms with Crippen LogP contribution in [0.15, 0.2) is 0 Å². The molecule has 0 saturated carbocycles. The minimum Gasteiger partial charge on any atom is -0.0654 e. The SMILES string of the molecule is C[CH]CC(C)CCCC(C)CCCCC. The van der Waals surface area contributed by atoms with Gasteiger partial charge in [-0.05, 0) is 24.7 Å². The molecule has 0 amide bonds. The molecule has 15 heavy (non-hydrogen) atoms. The predicted molar refractivity (Wildman–Crippen MR) is 70.9 cm³/mol. The van der Waals surface area contributed by atoms with Gasteiger partial charge >= 0.3 is 0 Å². The molecule has 2 unspecified atom stereocenters. The largest absolute Gasteiger partial charge is 0.0654 e. The van der Waals surface area contributed by atoms with Gasteiger partial charge in [-0.3, -0.25) is 0 Å². The third kappa shape index (κ3) is 10.3. The van der Waals surface area contributed by atoms with Gasteiger partial charge in [0.1, 0.15) is 0 Å². The third-order valence-electron chi connectivity index (χ3n) is 3.33. The fraction of sp³-hybridized carbons (Fsp3) is 0.933. The molecule has 0 aliphatic heterocycles. The van der Waals surface area contributed by atoms with Crippen LogP contribution >= 0.6 is 0 Å². The lowest BCUT2D eigenvalue weighted by Crippen LogP contribution is -1.98. The molecular weight excluding hydrogens is 180 g/mol. The Bertz CT molecular complexity index is 117. The van der Waals surface area contributed by atoms with E-state index in [1.54, 1.807) is 0 Å². The van der Waals surface area contributed by atoms with E-state index >= 15 is 0 Å². The minimum absolute atomic E-state index is 0.901. The van der Waals surface area contributed by atoms with Gasteiger partial charge in [0, 0.05) is 0 Å². The van der Waals surface area contributed by atoms with Crippen molar-refractivity contribution in [2.24, 2.45) is 11.8 Å². The first-order chi connectivity index (χ1) is 7.20. The maximum atomic E-state index is 2.42. The van der Waals surface area contributed by atoms with Gasteiger partial charge in [0.05, 0.1) is 0 Å². The Morgan fingerprint density at radius 3 is 2.07 bits per heavy atom. The molecule has 0 N–H and O–H groups in total. The van der Waals surface area contributed by atoms with Crippen molar-refractivity contribution < 1.29 is 0 Å². The molecule has 0 aliphatic carbocycles. The maximum Gasteiger partial charge on any atom is -0.0414 e. The molecule has 0 fully saturated rings. The van der Waals surface area contributed by atoms with E-state index in [9.17, 15) is 0 Å². The number of hydrogen-bond acceptors (Lipinski definition) is 0. The van der Waals surface area contributed by atoms with Crippen molar-refractivity contribution in [1.82, 2.24) is 0 Å². The van der Waals surface area contributed by atoms with Crippen molar-refractivity contribution in [2.45, 2.75) is 79.1 Å². The van der Waals surface area contributed by atoms with E-state index < -0.39 is 0 Å². The van der Waals surface area contributed by atoms with Gasteiger partial charge in [0.15, 0.2) is 0 Å². The van der Waals surface area contributed by atoms with Crippen LogP contribution in [0.2, 0.25) is 0 Å². The summed E-state index contributed by atoms with van der Waals surface area (Å²) in [7, 11) is 0. The number of hydrogen-bond donors (Lipinski definition) is 0. The van der Waals surface area contributed by atoms with Crippen molar-refractivity contribution in [2.75, 3.05) is 0 Å². The average Bonchev–Trinajstić information content (AvgIpc) is 2.18. The van der Waals surface area contributed by atoms with Crippen LogP contribution in [-0.4, -0.2) is 0 Å². The highest BCUT2D eigenvalue weighted by molar-refractivity contribution is 4.64. The highest BCUT2D eigenvalue weighted by Gasteiger charge is 2.04. The molecule has 0 aromatic heterocycles. The summed E-state index contributed by atoms with van der Waals surface area (Å²) in [4.78, 5) is 0. The minimum atomic E-state index is 0.901. The zero-order valence-electron chi connectivity index (χ0n) is 11.4. The Morgan fingerprint density at radius 1 is 0.867 bits per heavy atom. The molecule has 0 spiro atoms. The van der Waals surface area contributed by atoms with Crippen LogP contribution in [0.3, 0.4) is 0 Å². The normalized spacial score (nSPS) is 15.2. The average molecular weight is 211 g/mol. The molecular formula is C15H31. The Morgan fingerprint density at radius 2 is 1.47 bits per heavy atom. The van der Waals surface area contributed by atoms with Crippen molar-refractivity contribution in [3.8, 4) is 0 Å². The summed E-state index contributed by atoms with van der Waals surface area (Å²) in [5.74, 6) is 1.85. The Labute approximate surface area is 97.8 Å². The standard InChI is InChI=1S/C15H31/c1-5-7-8-11-15(4)13-9-12-14(3)10-6-2/h6,14-15H,5,7-13H2,1-4H3. The van der Waals surface area contributed by atoms with Crippen LogP contribution in [0.5, 0.6) is 0 Å².